The van der Waals surface area contributed by atoms with E-state index in [0.717, 1.165) is 29.2 Å². The molecule has 0 unspecified atom stereocenters. The predicted octanol–water partition coefficient (Wildman–Crippen LogP) is 2.04. The number of aromatic nitrogens is 5. The Hall–Kier alpha value is -2.08. The van der Waals surface area contributed by atoms with Crippen LogP contribution in [0.5, 0.6) is 0 Å². The summed E-state index contributed by atoms with van der Waals surface area (Å²) in [6, 6.07) is 3.95. The van der Waals surface area contributed by atoms with E-state index in [-0.39, 0.29) is 0 Å². The van der Waals surface area contributed by atoms with Crippen molar-refractivity contribution in [3.8, 4) is 10.6 Å². The van der Waals surface area contributed by atoms with Crippen LogP contribution in [-0.4, -0.2) is 24.7 Å². The van der Waals surface area contributed by atoms with Gasteiger partial charge in [-0.05, 0) is 12.1 Å². The van der Waals surface area contributed by atoms with Gasteiger partial charge in [0.25, 0.3) is 0 Å². The maximum atomic E-state index is 4.60. The van der Waals surface area contributed by atoms with Gasteiger partial charge in [-0.2, -0.15) is 0 Å². The number of aryl methyl sites for hydroxylation is 2. The summed E-state index contributed by atoms with van der Waals surface area (Å²) < 4.78 is 1.95. The summed E-state index contributed by atoms with van der Waals surface area (Å²) in [7, 11) is 0. The first-order chi connectivity index (χ1) is 8.92. The second kappa shape index (κ2) is 5.05. The number of rotatable bonds is 4. The Labute approximate surface area is 108 Å². The lowest BCUT2D eigenvalue weighted by Gasteiger charge is -1.97. The zero-order valence-corrected chi connectivity index (χ0v) is 10.4. The molecule has 3 rings (SSSR count). The molecule has 0 bridgehead atoms. The smallest absolute Gasteiger partial charge is 0.125 e. The first-order valence-electron chi connectivity index (χ1n) is 5.59. The summed E-state index contributed by atoms with van der Waals surface area (Å²) in [5, 5.41) is 10.7. The molecule has 3 heterocycles. The van der Waals surface area contributed by atoms with E-state index < -0.39 is 0 Å². The molecule has 6 heteroatoms. The van der Waals surface area contributed by atoms with Crippen molar-refractivity contribution in [1.82, 2.24) is 24.7 Å². The molecular formula is C12H11N5S. The molecule has 0 aromatic carbocycles. The summed E-state index contributed by atoms with van der Waals surface area (Å²) >= 11 is 1.65. The van der Waals surface area contributed by atoms with Gasteiger partial charge in [-0.1, -0.05) is 0 Å². The fourth-order valence-corrected chi connectivity index (χ4v) is 2.47. The van der Waals surface area contributed by atoms with Gasteiger partial charge in [0, 0.05) is 36.3 Å². The van der Waals surface area contributed by atoms with Crippen LogP contribution in [0, 0.1) is 0 Å². The number of pyridine rings is 1. The molecule has 0 fully saturated rings. The van der Waals surface area contributed by atoms with Crippen molar-refractivity contribution >= 4 is 11.3 Å². The van der Waals surface area contributed by atoms with Gasteiger partial charge >= 0.3 is 0 Å². The molecule has 3 aromatic heterocycles. The number of thiazole rings is 1. The van der Waals surface area contributed by atoms with Crippen LogP contribution in [0.3, 0.4) is 0 Å². The Kier molecular flexibility index (Phi) is 3.10. The largest absolute Gasteiger partial charge is 0.320 e. The fourth-order valence-electron chi connectivity index (χ4n) is 1.62. The monoisotopic (exact) mass is 257 g/mol. The van der Waals surface area contributed by atoms with Crippen molar-refractivity contribution in [1.29, 1.82) is 0 Å². The average molecular weight is 257 g/mol. The summed E-state index contributed by atoms with van der Waals surface area (Å²) in [6.45, 7) is 0.850. The van der Waals surface area contributed by atoms with Crippen molar-refractivity contribution < 1.29 is 0 Å². The molecule has 0 radical (unpaired) electrons. The van der Waals surface area contributed by atoms with Crippen LogP contribution in [0.1, 0.15) is 5.69 Å². The van der Waals surface area contributed by atoms with E-state index >= 15 is 0 Å². The second-order valence-electron chi connectivity index (χ2n) is 3.84. The Bertz CT molecular complexity index is 602. The highest BCUT2D eigenvalue weighted by Gasteiger charge is 2.04. The van der Waals surface area contributed by atoms with Gasteiger partial charge in [0.2, 0.25) is 0 Å². The van der Waals surface area contributed by atoms with E-state index in [1.807, 2.05) is 22.9 Å². The average Bonchev–Trinajstić information content (AvgIpc) is 3.09. The first kappa shape index (κ1) is 11.0. The minimum Gasteiger partial charge on any atom is -0.320 e. The summed E-state index contributed by atoms with van der Waals surface area (Å²) in [4.78, 5) is 8.71. The number of hydrogen-bond acceptors (Lipinski definition) is 5. The molecule has 0 aliphatic rings. The number of hydrogen-bond donors (Lipinski definition) is 0. The summed E-state index contributed by atoms with van der Waals surface area (Å²) in [5.41, 5.74) is 2.16. The SMILES string of the molecule is c1cncc(-c2nc(CCn3cnnc3)cs2)c1. The summed E-state index contributed by atoms with van der Waals surface area (Å²) in [5.74, 6) is 0. The Morgan fingerprint density at radius 2 is 2.11 bits per heavy atom. The third kappa shape index (κ3) is 2.43. The van der Waals surface area contributed by atoms with Crippen molar-refractivity contribution in [2.24, 2.45) is 0 Å². The van der Waals surface area contributed by atoms with Crippen LogP contribution in [0.15, 0.2) is 42.6 Å². The molecule has 0 aliphatic carbocycles. The van der Waals surface area contributed by atoms with Gasteiger partial charge in [0.15, 0.2) is 0 Å². The van der Waals surface area contributed by atoms with Gasteiger partial charge in [0.05, 0.1) is 5.69 Å². The van der Waals surface area contributed by atoms with Crippen LogP contribution < -0.4 is 0 Å². The number of nitrogens with zero attached hydrogens (tertiary/aromatic N) is 5. The molecule has 0 amide bonds. The van der Waals surface area contributed by atoms with Gasteiger partial charge < -0.3 is 4.57 Å². The Morgan fingerprint density at radius 1 is 1.22 bits per heavy atom. The Morgan fingerprint density at radius 3 is 2.89 bits per heavy atom. The molecule has 18 heavy (non-hydrogen) atoms. The molecule has 0 aliphatic heterocycles. The summed E-state index contributed by atoms with van der Waals surface area (Å²) in [6.07, 6.45) is 7.92. The lowest BCUT2D eigenvalue weighted by molar-refractivity contribution is 0.685. The minimum absolute atomic E-state index is 0.850. The van der Waals surface area contributed by atoms with Crippen molar-refractivity contribution in [2.45, 2.75) is 13.0 Å². The molecule has 0 spiro atoms. The zero-order valence-electron chi connectivity index (χ0n) is 9.60. The quantitative estimate of drug-likeness (QED) is 0.717. The van der Waals surface area contributed by atoms with Gasteiger partial charge in [0.1, 0.15) is 17.7 Å². The normalized spacial score (nSPS) is 10.7. The van der Waals surface area contributed by atoms with Crippen LogP contribution in [0.4, 0.5) is 0 Å². The molecule has 0 atom stereocenters. The Balaban J connectivity index is 1.70. The molecular weight excluding hydrogens is 246 g/mol. The predicted molar refractivity (Wildman–Crippen MR) is 69.1 cm³/mol. The van der Waals surface area contributed by atoms with Crippen molar-refractivity contribution in [2.75, 3.05) is 0 Å². The van der Waals surface area contributed by atoms with Gasteiger partial charge in [-0.25, -0.2) is 4.98 Å². The zero-order chi connectivity index (χ0) is 12.2. The van der Waals surface area contributed by atoms with E-state index in [4.69, 9.17) is 0 Å². The highest BCUT2D eigenvalue weighted by molar-refractivity contribution is 7.13. The molecule has 0 N–H and O–H groups in total. The van der Waals surface area contributed by atoms with Crippen molar-refractivity contribution in [3.05, 3.63) is 48.3 Å². The first-order valence-corrected chi connectivity index (χ1v) is 6.47. The van der Waals surface area contributed by atoms with Crippen LogP contribution >= 0.6 is 11.3 Å². The second-order valence-corrected chi connectivity index (χ2v) is 4.69. The third-order valence-electron chi connectivity index (χ3n) is 2.55. The molecule has 0 saturated heterocycles. The van der Waals surface area contributed by atoms with Crippen LogP contribution in [-0.2, 0) is 13.0 Å². The van der Waals surface area contributed by atoms with E-state index in [1.54, 1.807) is 30.2 Å². The maximum Gasteiger partial charge on any atom is 0.125 e. The van der Waals surface area contributed by atoms with E-state index in [1.165, 1.54) is 0 Å². The fraction of sp³-hybridized carbons (Fsp3) is 0.167. The highest BCUT2D eigenvalue weighted by Crippen LogP contribution is 2.22. The molecule has 5 nitrogen and oxygen atoms in total. The lowest BCUT2D eigenvalue weighted by atomic mass is 10.3. The molecule has 0 saturated carbocycles. The van der Waals surface area contributed by atoms with E-state index in [2.05, 4.69) is 25.5 Å². The van der Waals surface area contributed by atoms with Gasteiger partial charge in [-0.3, -0.25) is 4.98 Å². The maximum absolute atomic E-state index is 4.60. The topological polar surface area (TPSA) is 56.5 Å². The molecule has 3 aromatic rings. The lowest BCUT2D eigenvalue weighted by Crippen LogP contribution is -1.98. The van der Waals surface area contributed by atoms with Crippen LogP contribution in [0.25, 0.3) is 10.6 Å². The van der Waals surface area contributed by atoms with Crippen LogP contribution in [0.2, 0.25) is 0 Å². The van der Waals surface area contributed by atoms with E-state index in [0.29, 0.717) is 0 Å². The highest BCUT2D eigenvalue weighted by atomic mass is 32.1. The van der Waals surface area contributed by atoms with E-state index in [9.17, 15) is 0 Å². The molecule has 90 valence electrons. The standard InChI is InChI=1S/C12H11N5S/c1-2-10(6-13-4-1)12-16-11(7-18-12)3-5-17-8-14-15-9-17/h1-2,4,6-9H,3,5H2. The van der Waals surface area contributed by atoms with Gasteiger partial charge in [-0.15, -0.1) is 21.5 Å². The third-order valence-corrected chi connectivity index (χ3v) is 3.49. The minimum atomic E-state index is 0.850. The van der Waals surface area contributed by atoms with Crippen molar-refractivity contribution in [3.63, 3.8) is 0 Å².